The molecule has 1 aromatic heterocycles. The minimum absolute atomic E-state index is 0.107. The molecule has 2 heterocycles. The first-order valence-electron chi connectivity index (χ1n) is 12.0. The van der Waals surface area contributed by atoms with E-state index in [-0.39, 0.29) is 12.1 Å². The molecule has 4 rings (SSSR count). The van der Waals surface area contributed by atoms with Crippen LogP contribution < -0.4 is 0 Å². The molecule has 1 aliphatic rings. The second-order valence-corrected chi connectivity index (χ2v) is 16.2. The van der Waals surface area contributed by atoms with Gasteiger partial charge in [-0.3, -0.25) is 4.90 Å². The van der Waals surface area contributed by atoms with Crippen LogP contribution in [0.15, 0.2) is 42.5 Å². The van der Waals surface area contributed by atoms with Gasteiger partial charge in [-0.05, 0) is 68.5 Å². The average molecular weight is 474 g/mol. The fraction of sp³-hybridized carbons (Fsp3) is 0.429. The van der Waals surface area contributed by atoms with Gasteiger partial charge in [0.05, 0.1) is 17.1 Å². The van der Waals surface area contributed by atoms with Crippen LogP contribution >= 0.6 is 0 Å². The van der Waals surface area contributed by atoms with Crippen LogP contribution in [0.25, 0.3) is 22.2 Å². The molecular weight excluding hydrogens is 438 g/mol. The molecule has 2 atom stereocenters. The molecule has 1 saturated heterocycles. The average Bonchev–Trinajstić information content (AvgIpc) is 3.33. The summed E-state index contributed by atoms with van der Waals surface area (Å²) in [6.45, 7) is 15.3. The third-order valence-corrected chi connectivity index (χ3v) is 6.63. The number of likely N-dealkylation sites (tertiary alicyclic amines) is 1. The van der Waals surface area contributed by atoms with Gasteiger partial charge in [-0.2, -0.15) is 0 Å². The van der Waals surface area contributed by atoms with Gasteiger partial charge in [0.1, 0.15) is 19.5 Å². The van der Waals surface area contributed by atoms with E-state index in [0.717, 1.165) is 40.0 Å². The summed E-state index contributed by atoms with van der Waals surface area (Å²) in [4.78, 5) is 23.0. The molecule has 0 bridgehead atoms. The first-order valence-corrected chi connectivity index (χ1v) is 15.5. The molecule has 0 spiro atoms. The van der Waals surface area contributed by atoms with Crippen molar-refractivity contribution in [3.63, 3.8) is 0 Å². The highest BCUT2D eigenvalue weighted by Gasteiger charge is 2.38. The zero-order valence-corrected chi connectivity index (χ0v) is 22.3. The standard InChI is InChI=1S/C28H35N3O2Si/c1-19-16-25(31(18-19)27(32)33-28(2,3)4)26-29-23-13-12-22(17-24(23)30-26)21-10-8-20(9-11-21)14-15-34(5,6)7/h8-13,17,19,25H,16,18H2,1-7H3,(H,29,30)/t19-,25-/m0/s1. The maximum atomic E-state index is 12.8. The van der Waals surface area contributed by atoms with Gasteiger partial charge >= 0.3 is 6.09 Å². The predicted molar refractivity (Wildman–Crippen MR) is 141 cm³/mol. The quantitative estimate of drug-likeness (QED) is 0.330. The number of aromatic amines is 1. The Morgan fingerprint density at radius 2 is 1.79 bits per heavy atom. The van der Waals surface area contributed by atoms with Crippen LogP contribution in [0.4, 0.5) is 4.79 Å². The van der Waals surface area contributed by atoms with E-state index >= 15 is 0 Å². The maximum Gasteiger partial charge on any atom is 0.410 e. The lowest BCUT2D eigenvalue weighted by Gasteiger charge is -2.27. The Bertz CT molecular complexity index is 1250. The number of nitrogens with one attached hydrogen (secondary N) is 1. The largest absolute Gasteiger partial charge is 0.444 e. The number of aromatic nitrogens is 2. The Balaban J connectivity index is 1.58. The van der Waals surface area contributed by atoms with Crippen molar-refractivity contribution >= 4 is 25.2 Å². The summed E-state index contributed by atoms with van der Waals surface area (Å²) in [5, 5.41) is 0. The summed E-state index contributed by atoms with van der Waals surface area (Å²) in [6.07, 6.45) is 0.589. The number of nitrogens with zero attached hydrogens (tertiary/aromatic N) is 2. The van der Waals surface area contributed by atoms with Gasteiger partial charge in [0.25, 0.3) is 0 Å². The van der Waals surface area contributed by atoms with Crippen molar-refractivity contribution in [2.75, 3.05) is 6.54 Å². The van der Waals surface area contributed by atoms with Crippen LogP contribution in [0.2, 0.25) is 19.6 Å². The Kier molecular flexibility index (Phi) is 6.35. The van der Waals surface area contributed by atoms with Gasteiger partial charge in [-0.1, -0.05) is 50.7 Å². The predicted octanol–water partition coefficient (Wildman–Crippen LogP) is 6.78. The summed E-state index contributed by atoms with van der Waals surface area (Å²) in [5.41, 5.74) is 8.06. The Labute approximate surface area is 203 Å². The number of amides is 1. The number of rotatable bonds is 2. The summed E-state index contributed by atoms with van der Waals surface area (Å²) in [5.74, 6) is 4.52. The number of hydrogen-bond acceptors (Lipinski definition) is 3. The molecule has 6 heteroatoms. The highest BCUT2D eigenvalue weighted by molar-refractivity contribution is 6.83. The minimum atomic E-state index is -1.39. The van der Waals surface area contributed by atoms with Crippen LogP contribution in [-0.2, 0) is 4.74 Å². The number of carbonyl (C=O) groups excluding carboxylic acids is 1. The molecule has 2 aromatic carbocycles. The zero-order valence-electron chi connectivity index (χ0n) is 21.3. The zero-order chi connectivity index (χ0) is 24.7. The molecule has 34 heavy (non-hydrogen) atoms. The van der Waals surface area contributed by atoms with Crippen LogP contribution in [0.3, 0.4) is 0 Å². The molecule has 1 N–H and O–H groups in total. The molecule has 0 saturated carbocycles. The van der Waals surface area contributed by atoms with E-state index < -0.39 is 13.7 Å². The monoisotopic (exact) mass is 473 g/mol. The van der Waals surface area contributed by atoms with Crippen LogP contribution in [0, 0.1) is 17.4 Å². The van der Waals surface area contributed by atoms with Crippen LogP contribution in [0.1, 0.15) is 51.5 Å². The first kappa shape index (κ1) is 24.1. The lowest BCUT2D eigenvalue weighted by Crippen LogP contribution is -2.37. The van der Waals surface area contributed by atoms with Gasteiger partial charge in [0.2, 0.25) is 0 Å². The van der Waals surface area contributed by atoms with E-state index in [9.17, 15) is 4.79 Å². The fourth-order valence-corrected chi connectivity index (χ4v) is 4.72. The number of ether oxygens (including phenoxy) is 1. The minimum Gasteiger partial charge on any atom is -0.444 e. The lowest BCUT2D eigenvalue weighted by molar-refractivity contribution is 0.0215. The van der Waals surface area contributed by atoms with E-state index in [1.807, 2.05) is 25.7 Å². The summed E-state index contributed by atoms with van der Waals surface area (Å²) in [6, 6.07) is 14.6. The number of carbonyl (C=O) groups is 1. The third-order valence-electron chi connectivity index (χ3n) is 5.76. The van der Waals surface area contributed by atoms with E-state index in [1.165, 1.54) is 0 Å². The number of benzene rings is 2. The molecule has 0 radical (unpaired) electrons. The summed E-state index contributed by atoms with van der Waals surface area (Å²) >= 11 is 0. The molecule has 3 aromatic rings. The van der Waals surface area contributed by atoms with E-state index in [2.05, 4.69) is 85.5 Å². The second kappa shape index (κ2) is 8.96. The van der Waals surface area contributed by atoms with Crippen molar-refractivity contribution in [3.05, 3.63) is 53.9 Å². The Morgan fingerprint density at radius 1 is 1.12 bits per heavy atom. The summed E-state index contributed by atoms with van der Waals surface area (Å²) < 4.78 is 5.66. The number of H-pyrrole nitrogens is 1. The van der Waals surface area contributed by atoms with Crippen molar-refractivity contribution in [2.45, 2.75) is 65.4 Å². The number of fused-ring (bicyclic) bond motifs is 1. The van der Waals surface area contributed by atoms with Crippen LogP contribution in [0.5, 0.6) is 0 Å². The van der Waals surface area contributed by atoms with E-state index in [1.54, 1.807) is 0 Å². The van der Waals surface area contributed by atoms with Crippen molar-refractivity contribution in [1.29, 1.82) is 0 Å². The van der Waals surface area contributed by atoms with Crippen molar-refractivity contribution < 1.29 is 9.53 Å². The van der Waals surface area contributed by atoms with E-state index in [4.69, 9.17) is 9.72 Å². The Hall–Kier alpha value is -3.04. The number of imidazole rings is 1. The molecule has 1 fully saturated rings. The van der Waals surface area contributed by atoms with Crippen molar-refractivity contribution in [1.82, 2.24) is 14.9 Å². The lowest BCUT2D eigenvalue weighted by atomic mass is 10.0. The van der Waals surface area contributed by atoms with E-state index in [0.29, 0.717) is 12.5 Å². The van der Waals surface area contributed by atoms with Gasteiger partial charge in [-0.15, -0.1) is 5.54 Å². The highest BCUT2D eigenvalue weighted by Crippen LogP contribution is 2.36. The molecular formula is C28H35N3O2Si. The number of hydrogen-bond donors (Lipinski definition) is 1. The third kappa shape index (κ3) is 5.71. The second-order valence-electron chi connectivity index (χ2n) is 11.4. The molecule has 0 aliphatic carbocycles. The normalized spacial score (nSPS) is 18.6. The smallest absolute Gasteiger partial charge is 0.410 e. The van der Waals surface area contributed by atoms with Gasteiger partial charge in [0.15, 0.2) is 0 Å². The van der Waals surface area contributed by atoms with Gasteiger partial charge in [-0.25, -0.2) is 9.78 Å². The Morgan fingerprint density at radius 3 is 2.44 bits per heavy atom. The SMILES string of the molecule is C[C@H]1C[C@@H](c2nc3cc(-c4ccc(C#C[Si](C)(C)C)cc4)ccc3[nH]2)N(C(=O)OC(C)(C)C)C1. The molecule has 1 aliphatic heterocycles. The maximum absolute atomic E-state index is 12.8. The first-order chi connectivity index (χ1) is 15.9. The molecule has 178 valence electrons. The highest BCUT2D eigenvalue weighted by atomic mass is 28.3. The molecule has 5 nitrogen and oxygen atoms in total. The fourth-order valence-electron chi connectivity index (χ4n) is 4.20. The van der Waals surface area contributed by atoms with Crippen molar-refractivity contribution in [2.24, 2.45) is 5.92 Å². The van der Waals surface area contributed by atoms with Crippen LogP contribution in [-0.4, -0.2) is 41.2 Å². The molecule has 0 unspecified atom stereocenters. The summed E-state index contributed by atoms with van der Waals surface area (Å²) in [7, 11) is -1.39. The topological polar surface area (TPSA) is 58.2 Å². The molecule has 1 amide bonds. The van der Waals surface area contributed by atoms with Gasteiger partial charge in [0, 0.05) is 12.1 Å². The van der Waals surface area contributed by atoms with Crippen molar-refractivity contribution in [3.8, 4) is 22.6 Å². The van der Waals surface area contributed by atoms with Gasteiger partial charge < -0.3 is 9.72 Å².